The van der Waals surface area contributed by atoms with Gasteiger partial charge in [0.25, 0.3) is 0 Å². The molecule has 13 heteroatoms. The van der Waals surface area contributed by atoms with Gasteiger partial charge >= 0.3 is 0 Å². The zero-order valence-electron chi connectivity index (χ0n) is 19.6. The maximum atomic E-state index is 14.6. The molecule has 1 saturated carbocycles. The van der Waals surface area contributed by atoms with Crippen LogP contribution in [0.15, 0.2) is 23.1 Å². The van der Waals surface area contributed by atoms with Crippen LogP contribution >= 0.6 is 11.6 Å². The SMILES string of the molecule is CC(C)n1nc(C2CCC(Cl)C3NNCC23)c2c(N)nc(Nc3ccc(S(C)(=O)=O)cc3F)nc21. The zero-order chi connectivity index (χ0) is 25.1. The summed E-state index contributed by atoms with van der Waals surface area (Å²) in [7, 11) is -3.53. The highest BCUT2D eigenvalue weighted by Gasteiger charge is 2.44. The quantitative estimate of drug-likeness (QED) is 0.372. The fraction of sp³-hybridized carbons (Fsp3) is 0.500. The number of fused-ring (bicyclic) bond motifs is 2. The minimum Gasteiger partial charge on any atom is -0.383 e. The monoisotopic (exact) mass is 522 g/mol. The minimum atomic E-state index is -3.53. The topological polar surface area (TPSA) is 140 Å². The lowest BCUT2D eigenvalue weighted by Crippen LogP contribution is -2.43. The molecule has 2 aliphatic rings. The minimum absolute atomic E-state index is 0.000767. The fourth-order valence-corrected chi connectivity index (χ4v) is 6.07. The molecule has 4 atom stereocenters. The fourth-order valence-electron chi connectivity index (χ4n) is 5.07. The summed E-state index contributed by atoms with van der Waals surface area (Å²) in [5.74, 6) is -0.00871. The Labute approximate surface area is 207 Å². The van der Waals surface area contributed by atoms with E-state index < -0.39 is 15.7 Å². The summed E-state index contributed by atoms with van der Waals surface area (Å²) < 4.78 is 39.9. The van der Waals surface area contributed by atoms with Gasteiger partial charge in [-0.2, -0.15) is 15.1 Å². The molecule has 3 aromatic rings. The summed E-state index contributed by atoms with van der Waals surface area (Å²) in [4.78, 5) is 8.92. The number of aromatic nitrogens is 4. The average Bonchev–Trinajstić information content (AvgIpc) is 3.41. The van der Waals surface area contributed by atoms with Gasteiger partial charge < -0.3 is 11.1 Å². The summed E-state index contributed by atoms with van der Waals surface area (Å²) >= 11 is 6.57. The molecular weight excluding hydrogens is 495 g/mol. The van der Waals surface area contributed by atoms with Crippen molar-refractivity contribution in [3.63, 3.8) is 0 Å². The van der Waals surface area contributed by atoms with Crippen LogP contribution in [0.25, 0.3) is 11.0 Å². The first kappa shape index (κ1) is 24.2. The van der Waals surface area contributed by atoms with Crippen molar-refractivity contribution in [3.8, 4) is 0 Å². The lowest BCUT2D eigenvalue weighted by atomic mass is 9.74. The normalized spacial score (nSPS) is 24.7. The number of nitrogens with zero attached hydrogens (tertiary/aromatic N) is 4. The van der Waals surface area contributed by atoms with Gasteiger partial charge in [-0.25, -0.2) is 17.5 Å². The van der Waals surface area contributed by atoms with E-state index >= 15 is 0 Å². The molecule has 4 unspecified atom stereocenters. The van der Waals surface area contributed by atoms with Crippen molar-refractivity contribution in [2.45, 2.75) is 55.0 Å². The molecule has 0 radical (unpaired) electrons. The summed E-state index contributed by atoms with van der Waals surface area (Å²) in [6, 6.07) is 3.76. The Morgan fingerprint density at radius 1 is 1.29 bits per heavy atom. The molecule has 1 aliphatic carbocycles. The van der Waals surface area contributed by atoms with Crippen molar-refractivity contribution in [3.05, 3.63) is 29.7 Å². The van der Waals surface area contributed by atoms with Crippen LogP contribution in [-0.4, -0.2) is 52.4 Å². The third-order valence-electron chi connectivity index (χ3n) is 6.79. The summed E-state index contributed by atoms with van der Waals surface area (Å²) in [5, 5.41) is 8.50. The summed E-state index contributed by atoms with van der Waals surface area (Å²) in [6.07, 6.45) is 2.75. The molecule has 5 rings (SSSR count). The van der Waals surface area contributed by atoms with Crippen LogP contribution in [0.1, 0.15) is 44.3 Å². The van der Waals surface area contributed by atoms with Crippen molar-refractivity contribution in [1.82, 2.24) is 30.6 Å². The van der Waals surface area contributed by atoms with Crippen molar-refractivity contribution in [2.24, 2.45) is 5.92 Å². The molecule has 10 nitrogen and oxygen atoms in total. The van der Waals surface area contributed by atoms with Crippen LogP contribution < -0.4 is 21.9 Å². The van der Waals surface area contributed by atoms with Crippen LogP contribution in [0.2, 0.25) is 0 Å². The Hall–Kier alpha value is -2.54. The number of hydrazine groups is 1. The van der Waals surface area contributed by atoms with Gasteiger partial charge in [-0.05, 0) is 50.8 Å². The number of halogens is 2. The highest BCUT2D eigenvalue weighted by Crippen LogP contribution is 2.44. The third-order valence-corrected chi connectivity index (χ3v) is 8.39. The number of alkyl halides is 1. The molecule has 5 N–H and O–H groups in total. The third kappa shape index (κ3) is 4.32. The smallest absolute Gasteiger partial charge is 0.231 e. The van der Waals surface area contributed by atoms with Crippen molar-refractivity contribution in [2.75, 3.05) is 23.9 Å². The lowest BCUT2D eigenvalue weighted by molar-refractivity contribution is 0.291. The van der Waals surface area contributed by atoms with Gasteiger partial charge in [0.15, 0.2) is 15.5 Å². The number of nitrogens with one attached hydrogen (secondary N) is 3. The first-order valence-corrected chi connectivity index (χ1v) is 13.8. The molecule has 188 valence electrons. The molecule has 0 amide bonds. The van der Waals surface area contributed by atoms with E-state index in [1.54, 1.807) is 0 Å². The van der Waals surface area contributed by atoms with E-state index in [-0.39, 0.29) is 51.6 Å². The first-order chi connectivity index (χ1) is 16.5. The number of hydrogen-bond acceptors (Lipinski definition) is 9. The molecule has 1 aromatic carbocycles. The van der Waals surface area contributed by atoms with E-state index in [1.807, 2.05) is 18.5 Å². The number of nitrogens with two attached hydrogens (primary N) is 1. The Balaban J connectivity index is 1.56. The lowest BCUT2D eigenvalue weighted by Gasteiger charge is -2.35. The van der Waals surface area contributed by atoms with Crippen molar-refractivity contribution >= 4 is 49.9 Å². The number of sulfone groups is 1. The average molecular weight is 523 g/mol. The van der Waals surface area contributed by atoms with Crippen LogP contribution in [0.5, 0.6) is 0 Å². The van der Waals surface area contributed by atoms with Gasteiger partial charge in [0.1, 0.15) is 11.6 Å². The van der Waals surface area contributed by atoms with E-state index in [2.05, 4.69) is 26.1 Å². The van der Waals surface area contributed by atoms with E-state index in [0.717, 1.165) is 37.4 Å². The second kappa shape index (κ2) is 8.84. The Bertz CT molecular complexity index is 1400. The Morgan fingerprint density at radius 3 is 2.74 bits per heavy atom. The van der Waals surface area contributed by atoms with Gasteiger partial charge in [0.2, 0.25) is 5.95 Å². The standard InChI is InChI=1S/C22H28ClFN8O2S/c1-10(2)32-21-17(19(31-32)12-5-6-14(23)18-13(12)9-26-30-18)20(25)28-22(29-21)27-16-7-4-11(8-15(16)24)35(3,33)34/h4,7-8,10,12-14,18,26,30H,5-6,9H2,1-3H3,(H3,25,27,28,29). The van der Waals surface area contributed by atoms with Gasteiger partial charge in [-0.3, -0.25) is 10.9 Å². The number of benzene rings is 1. The molecule has 1 aliphatic heterocycles. The molecule has 0 spiro atoms. The largest absolute Gasteiger partial charge is 0.383 e. The molecule has 0 bridgehead atoms. The van der Waals surface area contributed by atoms with Crippen LogP contribution in [-0.2, 0) is 9.84 Å². The molecular formula is C22H28ClFN8O2S. The van der Waals surface area contributed by atoms with Crippen LogP contribution in [0.3, 0.4) is 0 Å². The number of rotatable bonds is 5. The number of anilines is 3. The zero-order valence-corrected chi connectivity index (χ0v) is 21.2. The highest BCUT2D eigenvalue weighted by atomic mass is 35.5. The summed E-state index contributed by atoms with van der Waals surface area (Å²) in [6.45, 7) is 4.78. The van der Waals surface area contributed by atoms with Crippen LogP contribution in [0, 0.1) is 11.7 Å². The van der Waals surface area contributed by atoms with Gasteiger partial charge in [0, 0.05) is 30.8 Å². The first-order valence-electron chi connectivity index (χ1n) is 11.5. The molecule has 3 heterocycles. The predicted molar refractivity (Wildman–Crippen MR) is 133 cm³/mol. The van der Waals surface area contributed by atoms with Crippen molar-refractivity contribution < 1.29 is 12.8 Å². The maximum Gasteiger partial charge on any atom is 0.231 e. The second-order valence-corrected chi connectivity index (χ2v) is 12.1. The maximum absolute atomic E-state index is 14.6. The Morgan fingerprint density at radius 2 is 2.06 bits per heavy atom. The van der Waals surface area contributed by atoms with E-state index in [9.17, 15) is 12.8 Å². The molecule has 35 heavy (non-hydrogen) atoms. The summed E-state index contributed by atoms with van der Waals surface area (Å²) in [5.41, 5.74) is 14.4. The highest BCUT2D eigenvalue weighted by molar-refractivity contribution is 7.90. The van der Waals surface area contributed by atoms with Gasteiger partial charge in [-0.15, -0.1) is 11.6 Å². The second-order valence-electron chi connectivity index (χ2n) is 9.51. The van der Waals surface area contributed by atoms with E-state index in [0.29, 0.717) is 11.0 Å². The van der Waals surface area contributed by atoms with Gasteiger partial charge in [-0.1, -0.05) is 0 Å². The van der Waals surface area contributed by atoms with Crippen molar-refractivity contribution in [1.29, 1.82) is 0 Å². The van der Waals surface area contributed by atoms with Crippen LogP contribution in [0.4, 0.5) is 21.8 Å². The molecule has 2 fully saturated rings. The van der Waals surface area contributed by atoms with E-state index in [1.165, 1.54) is 12.1 Å². The Kier molecular flexibility index (Phi) is 6.10. The molecule has 2 aromatic heterocycles. The van der Waals surface area contributed by atoms with Gasteiger partial charge in [0.05, 0.1) is 27.0 Å². The number of nitrogen functional groups attached to an aromatic ring is 1. The predicted octanol–water partition coefficient (Wildman–Crippen LogP) is 2.85. The number of hydrogen-bond donors (Lipinski definition) is 4. The molecule has 1 saturated heterocycles. The van der Waals surface area contributed by atoms with E-state index in [4.69, 9.17) is 22.4 Å².